The van der Waals surface area contributed by atoms with Crippen LogP contribution in [0.4, 0.5) is 22.7 Å². The van der Waals surface area contributed by atoms with Crippen molar-refractivity contribution in [3.05, 3.63) is 146 Å². The molecule has 267 valence electrons. The van der Waals surface area contributed by atoms with Crippen molar-refractivity contribution in [2.75, 3.05) is 0 Å². The number of hydrogen-bond acceptors (Lipinski definition) is 13. The van der Waals surface area contributed by atoms with Crippen LogP contribution in [0.5, 0.6) is 0 Å². The number of carboxylic acids is 2. The Morgan fingerprint density at radius 1 is 0.604 bits per heavy atom. The van der Waals surface area contributed by atoms with Crippen LogP contribution in [-0.2, 0) is 27.5 Å². The number of carboxylic acid groups (broad SMARTS) is 2. The second-order valence-electron chi connectivity index (χ2n) is 10.6. The summed E-state index contributed by atoms with van der Waals surface area (Å²) in [4.78, 5) is 46.7. The Bertz CT molecular complexity index is 2590. The van der Waals surface area contributed by atoms with Crippen molar-refractivity contribution in [2.45, 2.75) is 18.7 Å². The van der Waals surface area contributed by atoms with Crippen LogP contribution in [0.3, 0.4) is 0 Å². The molecule has 0 aliphatic rings. The molecule has 0 fully saturated rings. The van der Waals surface area contributed by atoms with Crippen molar-refractivity contribution in [3.63, 3.8) is 0 Å². The molecule has 0 spiro atoms. The Labute approximate surface area is 313 Å². The van der Waals surface area contributed by atoms with Crippen LogP contribution < -0.4 is 31.5 Å². The van der Waals surface area contributed by atoms with Gasteiger partial charge in [0.05, 0.1) is 28.2 Å². The van der Waals surface area contributed by atoms with E-state index in [1.807, 2.05) is 6.07 Å². The third-order valence-corrected chi connectivity index (χ3v) is 7.96. The number of aromatic carboxylic acids is 2. The van der Waals surface area contributed by atoms with E-state index in [1.54, 1.807) is 49.4 Å². The van der Waals surface area contributed by atoms with Gasteiger partial charge in [-0.15, -0.1) is 31.8 Å². The number of rotatable bonds is 9. The van der Waals surface area contributed by atoms with E-state index in [9.17, 15) is 42.4 Å². The molecule has 0 atom stereocenters. The number of aromatic nitrogens is 4. The van der Waals surface area contributed by atoms with Crippen molar-refractivity contribution in [2.24, 2.45) is 20.5 Å². The predicted octanol–water partition coefficient (Wildman–Crippen LogP) is 2.89. The molecule has 2 aromatic heterocycles. The monoisotopic (exact) mass is 773 g/mol. The molecule has 0 N–H and O–H groups in total. The van der Waals surface area contributed by atoms with Crippen molar-refractivity contribution >= 4 is 44.8 Å². The smallest absolute Gasteiger partial charge is 0.744 e. The standard InChI is InChI=1S/C17H14N4O6S.C17H14N4O3.Cr/c1-10-15(19-18-14-5-3-2-4-13(14)17(23)24)16(22)21(20-10)11-6-8-12(9-7-11)28(25,26)27;1-11-15(16(22)21(20-11)12-7-3-2-4-8-12)19-18-14-10-6-5-9-13(14)17(23)24;/h2-9H,1H3,(H3,18,20,22,23,24,25,26,27);2-10H,1H3,(H2,18,20,22,23,24);/q;;+3/p-3. The fraction of sp³-hybridized carbons (Fsp3) is 0.0588. The number of hydrogen-bond donors (Lipinski definition) is 0. The van der Waals surface area contributed by atoms with Crippen molar-refractivity contribution in [1.29, 1.82) is 0 Å². The van der Waals surface area contributed by atoms with E-state index >= 15 is 0 Å². The quantitative estimate of drug-likeness (QED) is 0.152. The molecule has 4 aromatic carbocycles. The normalized spacial score (nSPS) is 11.2. The van der Waals surface area contributed by atoms with E-state index in [-0.39, 0.29) is 65.5 Å². The average molecular weight is 774 g/mol. The zero-order valence-corrected chi connectivity index (χ0v) is 29.5. The number of para-hydroxylation sites is 1. The maximum absolute atomic E-state index is 12.6. The van der Waals surface area contributed by atoms with E-state index in [2.05, 4.69) is 30.7 Å². The molecule has 0 unspecified atom stereocenters. The molecule has 0 bridgehead atoms. The number of benzene rings is 4. The first-order chi connectivity index (χ1) is 24.8. The van der Waals surface area contributed by atoms with Crippen LogP contribution in [0.15, 0.2) is 138 Å². The van der Waals surface area contributed by atoms with Crippen LogP contribution >= 0.6 is 0 Å². The Hall–Kier alpha value is -6.52. The third kappa shape index (κ3) is 9.05. The van der Waals surface area contributed by atoms with E-state index in [4.69, 9.17) is 0 Å². The second-order valence-corrected chi connectivity index (χ2v) is 12.0. The first-order valence-electron chi connectivity index (χ1n) is 14.9. The maximum atomic E-state index is 12.6. The van der Waals surface area contributed by atoms with Crippen LogP contribution in [0.25, 0.3) is 11.4 Å². The minimum atomic E-state index is -4.61. The minimum absolute atomic E-state index is 0. The fourth-order valence-corrected chi connectivity index (χ4v) is 5.04. The summed E-state index contributed by atoms with van der Waals surface area (Å²) in [6, 6.07) is 25.3. The number of azo groups is 2. The topological polar surface area (TPSA) is 259 Å². The Morgan fingerprint density at radius 2 is 0.981 bits per heavy atom. The summed E-state index contributed by atoms with van der Waals surface area (Å²) in [5.41, 5.74) is 0.180. The van der Waals surface area contributed by atoms with Gasteiger partial charge in [0.25, 0.3) is 11.1 Å². The Kier molecular flexibility index (Phi) is 12.3. The first-order valence-corrected chi connectivity index (χ1v) is 16.3. The summed E-state index contributed by atoms with van der Waals surface area (Å²) in [6.45, 7) is 3.15. The predicted molar refractivity (Wildman–Crippen MR) is 180 cm³/mol. The molecule has 53 heavy (non-hydrogen) atoms. The van der Waals surface area contributed by atoms with Crippen LogP contribution in [0.2, 0.25) is 0 Å². The summed E-state index contributed by atoms with van der Waals surface area (Å²) in [5, 5.41) is 45.8. The first kappa shape index (κ1) is 39.3. The van der Waals surface area contributed by atoms with Gasteiger partial charge in [0.15, 0.2) is 0 Å². The fourth-order valence-electron chi connectivity index (χ4n) is 4.57. The summed E-state index contributed by atoms with van der Waals surface area (Å²) in [5.74, 6) is -2.79. The van der Waals surface area contributed by atoms with Crippen molar-refractivity contribution < 1.29 is 53.0 Å². The van der Waals surface area contributed by atoms with Gasteiger partial charge in [-0.25, -0.2) is 8.42 Å². The summed E-state index contributed by atoms with van der Waals surface area (Å²) in [7, 11) is -4.61. The van der Waals surface area contributed by atoms with Gasteiger partial charge in [0.1, 0.15) is 21.5 Å². The van der Waals surface area contributed by atoms with Gasteiger partial charge in [0.2, 0.25) is 0 Å². The molecule has 0 saturated heterocycles. The van der Waals surface area contributed by atoms with E-state index in [0.29, 0.717) is 11.4 Å². The molecular weight excluding hydrogens is 748 g/mol. The number of carbonyl (C=O) groups excluding carboxylic acids is 2. The summed E-state index contributed by atoms with van der Waals surface area (Å²) in [6.07, 6.45) is 0. The number of aryl methyl sites for hydroxylation is 2. The molecule has 17 nitrogen and oxygen atoms in total. The molecule has 6 aromatic rings. The third-order valence-electron chi connectivity index (χ3n) is 7.11. The molecule has 1 radical (unpaired) electrons. The number of carbonyl (C=O) groups is 2. The van der Waals surface area contributed by atoms with Gasteiger partial charge in [-0.05, 0) is 48.5 Å². The van der Waals surface area contributed by atoms with Gasteiger partial charge in [-0.2, -0.15) is 0 Å². The van der Waals surface area contributed by atoms with E-state index in [0.717, 1.165) is 16.8 Å². The van der Waals surface area contributed by atoms with Gasteiger partial charge >= 0.3 is 20.2 Å². The number of nitrogens with zero attached hydrogens (tertiary/aromatic N) is 8. The van der Waals surface area contributed by atoms with Gasteiger partial charge < -0.3 is 43.9 Å². The Balaban J connectivity index is 0.000000364. The van der Waals surface area contributed by atoms with Crippen LogP contribution in [0.1, 0.15) is 35.0 Å². The molecule has 0 amide bonds. The Morgan fingerprint density at radius 3 is 1.38 bits per heavy atom. The molecule has 0 aliphatic heterocycles. The maximum Gasteiger partial charge on any atom is 3.00 e. The van der Waals surface area contributed by atoms with Crippen molar-refractivity contribution in [1.82, 2.24) is 19.6 Å². The van der Waals surface area contributed by atoms with Crippen molar-refractivity contribution in [3.8, 4) is 11.4 Å². The van der Waals surface area contributed by atoms with Gasteiger partial charge in [-0.1, -0.05) is 68.4 Å². The van der Waals surface area contributed by atoms with E-state index in [1.165, 1.54) is 54.1 Å². The SMILES string of the molecule is Cc1[n-]n(-c2ccc(S(=O)(=O)[O-])cc2)c(=O)c1N=Nc1ccccc1C(=O)[O-].Cc1[n-]n(-c2ccccc2)c(=O)c1N=Nc1ccccc1C(=O)[O-].[Cr+3].[H+].[H+]. The van der Waals surface area contributed by atoms with Gasteiger partial charge in [-0.3, -0.25) is 9.59 Å². The van der Waals surface area contributed by atoms with Gasteiger partial charge in [0, 0.05) is 22.5 Å². The van der Waals surface area contributed by atoms with Crippen LogP contribution in [0, 0.1) is 13.8 Å². The molecular formula is C34H25CrN8O9S. The molecule has 2 heterocycles. The summed E-state index contributed by atoms with van der Waals surface area (Å²) >= 11 is 0. The molecule has 0 saturated carbocycles. The second kappa shape index (κ2) is 16.7. The van der Waals surface area contributed by atoms with E-state index < -0.39 is 38.1 Å². The molecule has 0 aliphatic carbocycles. The zero-order chi connectivity index (χ0) is 37.6. The summed E-state index contributed by atoms with van der Waals surface area (Å²) < 4.78 is 35.2. The van der Waals surface area contributed by atoms with Crippen LogP contribution in [-0.4, -0.2) is 34.3 Å². The average Bonchev–Trinajstić information content (AvgIpc) is 3.58. The molecule has 19 heteroatoms. The zero-order valence-electron chi connectivity index (χ0n) is 29.4. The minimum Gasteiger partial charge on any atom is -0.744 e. The largest absolute Gasteiger partial charge is 3.00 e. The molecule has 6 rings (SSSR count).